The van der Waals surface area contributed by atoms with Crippen LogP contribution in [0.2, 0.25) is 0 Å². The summed E-state index contributed by atoms with van der Waals surface area (Å²) in [5.74, 6) is 0. The number of ether oxygens (including phenoxy) is 2. The second-order valence-electron chi connectivity index (χ2n) is 4.71. The van der Waals surface area contributed by atoms with Crippen LogP contribution in [-0.2, 0) is 9.47 Å². The molecule has 0 aromatic heterocycles. The van der Waals surface area contributed by atoms with E-state index in [-0.39, 0.29) is 6.04 Å². The van der Waals surface area contributed by atoms with Crippen molar-refractivity contribution in [3.63, 3.8) is 0 Å². The molecule has 19 heavy (non-hydrogen) atoms. The maximum Gasteiger partial charge on any atom is 0.0637 e. The van der Waals surface area contributed by atoms with Gasteiger partial charge < -0.3 is 20.1 Å². The maximum absolute atomic E-state index is 5.87. The van der Waals surface area contributed by atoms with E-state index in [4.69, 9.17) is 15.2 Å². The summed E-state index contributed by atoms with van der Waals surface area (Å²) in [5, 5.41) is 0. The molecular weight excluding hydrogens is 240 g/mol. The van der Waals surface area contributed by atoms with Crippen molar-refractivity contribution in [3.05, 3.63) is 29.8 Å². The summed E-state index contributed by atoms with van der Waals surface area (Å²) in [6.45, 7) is 5.35. The van der Waals surface area contributed by atoms with Crippen LogP contribution >= 0.6 is 0 Å². The molecule has 0 fully saturated rings. The molecule has 1 unspecified atom stereocenters. The fourth-order valence-corrected chi connectivity index (χ4v) is 1.96. The predicted molar refractivity (Wildman–Crippen MR) is 79.6 cm³/mol. The molecule has 1 rings (SSSR count). The molecule has 1 aromatic carbocycles. The van der Waals surface area contributed by atoms with Crippen LogP contribution in [0.25, 0.3) is 0 Å². The molecule has 0 saturated carbocycles. The summed E-state index contributed by atoms with van der Waals surface area (Å²) in [4.78, 5) is 2.31. The first kappa shape index (κ1) is 16.0. The first-order valence-corrected chi connectivity index (χ1v) is 6.77. The quantitative estimate of drug-likeness (QED) is 0.696. The Bertz CT molecular complexity index is 339. The Morgan fingerprint density at radius 2 is 1.68 bits per heavy atom. The van der Waals surface area contributed by atoms with E-state index in [0.29, 0.717) is 0 Å². The number of benzene rings is 1. The van der Waals surface area contributed by atoms with Crippen molar-refractivity contribution in [2.75, 3.05) is 45.4 Å². The molecular formula is C15H26N2O2. The number of hydrogen-bond donors (Lipinski definition) is 1. The molecule has 1 aromatic rings. The topological polar surface area (TPSA) is 47.7 Å². The van der Waals surface area contributed by atoms with Crippen molar-refractivity contribution >= 4 is 5.69 Å². The van der Waals surface area contributed by atoms with Crippen LogP contribution in [-0.4, -0.2) is 40.5 Å². The zero-order valence-corrected chi connectivity index (χ0v) is 12.3. The smallest absolute Gasteiger partial charge is 0.0637 e. The maximum atomic E-state index is 5.87. The van der Waals surface area contributed by atoms with Crippen molar-refractivity contribution in [1.82, 2.24) is 0 Å². The van der Waals surface area contributed by atoms with Crippen molar-refractivity contribution in [2.45, 2.75) is 19.4 Å². The number of rotatable bonds is 9. The minimum atomic E-state index is 0.0787. The number of nitrogens with two attached hydrogens (primary N) is 1. The van der Waals surface area contributed by atoms with Gasteiger partial charge in [0.25, 0.3) is 0 Å². The molecule has 0 aliphatic carbocycles. The number of nitrogens with zero attached hydrogens (tertiary/aromatic N) is 1. The molecule has 4 nitrogen and oxygen atoms in total. The SMILES string of the molecule is COCCCN(CCOC)c1ccc(C(C)N)cc1. The van der Waals surface area contributed by atoms with Crippen molar-refractivity contribution in [1.29, 1.82) is 0 Å². The third-order valence-corrected chi connectivity index (χ3v) is 3.13. The minimum absolute atomic E-state index is 0.0787. The number of anilines is 1. The van der Waals surface area contributed by atoms with Gasteiger partial charge in [-0.25, -0.2) is 0 Å². The van der Waals surface area contributed by atoms with Gasteiger partial charge in [0.1, 0.15) is 0 Å². The fraction of sp³-hybridized carbons (Fsp3) is 0.600. The van der Waals surface area contributed by atoms with Crippen LogP contribution < -0.4 is 10.6 Å². The summed E-state index contributed by atoms with van der Waals surface area (Å²) in [6.07, 6.45) is 1.01. The molecule has 108 valence electrons. The van der Waals surface area contributed by atoms with Gasteiger partial charge in [-0.1, -0.05) is 12.1 Å². The molecule has 0 spiro atoms. The van der Waals surface area contributed by atoms with Crippen LogP contribution in [0, 0.1) is 0 Å². The van der Waals surface area contributed by atoms with E-state index in [2.05, 4.69) is 29.2 Å². The highest BCUT2D eigenvalue weighted by Gasteiger charge is 2.07. The highest BCUT2D eigenvalue weighted by Crippen LogP contribution is 2.18. The van der Waals surface area contributed by atoms with E-state index in [1.807, 2.05) is 6.92 Å². The van der Waals surface area contributed by atoms with Crippen molar-refractivity contribution in [2.24, 2.45) is 5.73 Å². The monoisotopic (exact) mass is 266 g/mol. The normalized spacial score (nSPS) is 12.4. The Morgan fingerprint density at radius 1 is 1.05 bits per heavy atom. The molecule has 0 aliphatic rings. The summed E-state index contributed by atoms with van der Waals surface area (Å²) < 4.78 is 10.3. The van der Waals surface area contributed by atoms with Crippen molar-refractivity contribution in [3.8, 4) is 0 Å². The minimum Gasteiger partial charge on any atom is -0.385 e. The van der Waals surface area contributed by atoms with E-state index < -0.39 is 0 Å². The zero-order valence-electron chi connectivity index (χ0n) is 12.3. The summed E-state index contributed by atoms with van der Waals surface area (Å²) in [7, 11) is 3.46. The third kappa shape index (κ3) is 5.59. The molecule has 0 aliphatic heterocycles. The lowest BCUT2D eigenvalue weighted by molar-refractivity contribution is 0.191. The Labute approximate surface area is 116 Å². The first-order chi connectivity index (χ1) is 9.19. The average Bonchev–Trinajstić information content (AvgIpc) is 2.43. The van der Waals surface area contributed by atoms with Gasteiger partial charge in [0.05, 0.1) is 6.61 Å². The first-order valence-electron chi connectivity index (χ1n) is 6.77. The third-order valence-electron chi connectivity index (χ3n) is 3.13. The van der Waals surface area contributed by atoms with Crippen LogP contribution in [0.3, 0.4) is 0 Å². The summed E-state index contributed by atoms with van der Waals surface area (Å²) in [6, 6.07) is 8.52. The highest BCUT2D eigenvalue weighted by atomic mass is 16.5. The van der Waals surface area contributed by atoms with E-state index in [9.17, 15) is 0 Å². The van der Waals surface area contributed by atoms with Gasteiger partial charge >= 0.3 is 0 Å². The molecule has 0 amide bonds. The lowest BCUT2D eigenvalue weighted by Gasteiger charge is -2.25. The van der Waals surface area contributed by atoms with Gasteiger partial charge in [-0.3, -0.25) is 0 Å². The second-order valence-corrected chi connectivity index (χ2v) is 4.71. The van der Waals surface area contributed by atoms with Gasteiger partial charge in [-0.15, -0.1) is 0 Å². The fourth-order valence-electron chi connectivity index (χ4n) is 1.96. The summed E-state index contributed by atoms with van der Waals surface area (Å²) in [5.41, 5.74) is 8.23. The Kier molecular flexibility index (Phi) is 7.48. The molecule has 0 radical (unpaired) electrons. The highest BCUT2D eigenvalue weighted by molar-refractivity contribution is 5.48. The predicted octanol–water partition coefficient (Wildman–Crippen LogP) is 2.20. The van der Waals surface area contributed by atoms with Gasteiger partial charge in [0.2, 0.25) is 0 Å². The summed E-state index contributed by atoms with van der Waals surface area (Å²) >= 11 is 0. The Morgan fingerprint density at radius 3 is 2.21 bits per heavy atom. The Hall–Kier alpha value is -1.10. The standard InChI is InChI=1S/C15H26N2O2/c1-13(16)14-5-7-15(8-6-14)17(10-12-19-3)9-4-11-18-2/h5-8,13H,4,9-12,16H2,1-3H3. The van der Waals surface area contributed by atoms with Gasteiger partial charge in [-0.05, 0) is 31.0 Å². The molecule has 2 N–H and O–H groups in total. The molecule has 4 heteroatoms. The molecule has 1 atom stereocenters. The Balaban J connectivity index is 2.66. The number of methoxy groups -OCH3 is 2. The largest absolute Gasteiger partial charge is 0.385 e. The second kappa shape index (κ2) is 8.91. The van der Waals surface area contributed by atoms with Crippen LogP contribution in [0.4, 0.5) is 5.69 Å². The lowest BCUT2D eigenvalue weighted by atomic mass is 10.1. The van der Waals surface area contributed by atoms with E-state index in [1.165, 1.54) is 5.69 Å². The van der Waals surface area contributed by atoms with Crippen LogP contribution in [0.1, 0.15) is 24.9 Å². The average molecular weight is 266 g/mol. The van der Waals surface area contributed by atoms with Gasteiger partial charge in [0.15, 0.2) is 0 Å². The van der Waals surface area contributed by atoms with Gasteiger partial charge in [0, 0.05) is 45.6 Å². The van der Waals surface area contributed by atoms with E-state index in [1.54, 1.807) is 14.2 Å². The molecule has 0 bridgehead atoms. The molecule has 0 heterocycles. The number of hydrogen-bond acceptors (Lipinski definition) is 4. The van der Waals surface area contributed by atoms with Crippen LogP contribution in [0.15, 0.2) is 24.3 Å². The van der Waals surface area contributed by atoms with E-state index >= 15 is 0 Å². The van der Waals surface area contributed by atoms with E-state index in [0.717, 1.165) is 38.3 Å². The van der Waals surface area contributed by atoms with Crippen molar-refractivity contribution < 1.29 is 9.47 Å². The van der Waals surface area contributed by atoms with Crippen LogP contribution in [0.5, 0.6) is 0 Å². The zero-order chi connectivity index (χ0) is 14.1. The lowest BCUT2D eigenvalue weighted by Crippen LogP contribution is -2.29. The molecule has 0 saturated heterocycles. The van der Waals surface area contributed by atoms with Gasteiger partial charge in [-0.2, -0.15) is 0 Å².